The van der Waals surface area contributed by atoms with Gasteiger partial charge in [-0.15, -0.1) is 11.3 Å². The van der Waals surface area contributed by atoms with Gasteiger partial charge in [0.05, 0.1) is 0 Å². The zero-order valence-corrected chi connectivity index (χ0v) is 11.5. The molecule has 6 heteroatoms. The fourth-order valence-electron chi connectivity index (χ4n) is 0.808. The Hall–Kier alpha value is -0.620. The molecule has 84 valence electrons. The Bertz CT molecular complexity index is 359. The average molecular weight is 293 g/mol. The third kappa shape index (κ3) is 3.79. The van der Waals surface area contributed by atoms with E-state index >= 15 is 0 Å². The normalized spacial score (nSPS) is 11.3. The molecule has 4 nitrogen and oxygen atoms in total. The highest BCUT2D eigenvalue weighted by Gasteiger charge is 2.21. The minimum atomic E-state index is -0.486. The molecule has 0 aliphatic rings. The van der Waals surface area contributed by atoms with Crippen LogP contribution >= 0.6 is 27.3 Å². The zero-order valence-electron chi connectivity index (χ0n) is 9.07. The third-order valence-corrected chi connectivity index (χ3v) is 3.04. The summed E-state index contributed by atoms with van der Waals surface area (Å²) in [6.45, 7) is 5.49. The zero-order chi connectivity index (χ0) is 11.6. The summed E-state index contributed by atoms with van der Waals surface area (Å²) in [5, 5.41) is 2.42. The van der Waals surface area contributed by atoms with E-state index in [1.54, 1.807) is 7.05 Å². The topological polar surface area (TPSA) is 42.4 Å². The largest absolute Gasteiger partial charge is 0.443 e. The first-order valence-corrected chi connectivity index (χ1v) is 6.04. The number of carbonyl (C=O) groups is 1. The van der Waals surface area contributed by atoms with Crippen molar-refractivity contribution in [2.24, 2.45) is 0 Å². The van der Waals surface area contributed by atoms with Gasteiger partial charge in [-0.1, -0.05) is 0 Å². The highest BCUT2D eigenvalue weighted by molar-refractivity contribution is 9.10. The highest BCUT2D eigenvalue weighted by atomic mass is 79.9. The van der Waals surface area contributed by atoms with Crippen molar-refractivity contribution in [1.29, 1.82) is 0 Å². The molecule has 0 atom stereocenters. The lowest BCUT2D eigenvalue weighted by Gasteiger charge is -2.23. The highest BCUT2D eigenvalue weighted by Crippen LogP contribution is 2.23. The number of amides is 1. The molecule has 0 spiro atoms. The van der Waals surface area contributed by atoms with Gasteiger partial charge >= 0.3 is 6.09 Å². The average Bonchev–Trinajstić information content (AvgIpc) is 2.47. The van der Waals surface area contributed by atoms with Crippen LogP contribution in [-0.4, -0.2) is 23.7 Å². The molecule has 1 rings (SSSR count). The smallest absolute Gasteiger partial charge is 0.416 e. The molecule has 1 amide bonds. The number of thiazole rings is 1. The van der Waals surface area contributed by atoms with Crippen molar-refractivity contribution < 1.29 is 9.53 Å². The second-order valence-corrected chi connectivity index (χ2v) is 5.64. The van der Waals surface area contributed by atoms with Crippen molar-refractivity contribution in [2.75, 3.05) is 11.9 Å². The molecule has 0 bridgehead atoms. The van der Waals surface area contributed by atoms with Gasteiger partial charge in [-0.3, -0.25) is 4.90 Å². The third-order valence-electron chi connectivity index (χ3n) is 1.42. The second-order valence-electron chi connectivity index (χ2n) is 3.99. The molecule has 0 unspecified atom stereocenters. The van der Waals surface area contributed by atoms with E-state index in [0.29, 0.717) is 5.13 Å². The Morgan fingerprint density at radius 3 is 2.60 bits per heavy atom. The maximum Gasteiger partial charge on any atom is 0.416 e. The monoisotopic (exact) mass is 292 g/mol. The van der Waals surface area contributed by atoms with Crippen LogP contribution in [0.15, 0.2) is 9.98 Å². The molecule has 0 N–H and O–H groups in total. The van der Waals surface area contributed by atoms with Crippen LogP contribution in [0, 0.1) is 0 Å². The van der Waals surface area contributed by atoms with E-state index < -0.39 is 11.7 Å². The molecular formula is C9H13BrN2O2S. The minimum Gasteiger partial charge on any atom is -0.443 e. The summed E-state index contributed by atoms with van der Waals surface area (Å²) in [6.07, 6.45) is -0.399. The van der Waals surface area contributed by atoms with Crippen LogP contribution in [0.1, 0.15) is 20.8 Å². The van der Waals surface area contributed by atoms with Gasteiger partial charge in [0.15, 0.2) is 5.13 Å². The van der Waals surface area contributed by atoms with Crippen molar-refractivity contribution >= 4 is 38.5 Å². The van der Waals surface area contributed by atoms with Gasteiger partial charge in [0, 0.05) is 12.4 Å². The maximum atomic E-state index is 11.6. The fraction of sp³-hybridized carbons (Fsp3) is 0.556. The Morgan fingerprint density at radius 2 is 2.20 bits per heavy atom. The Labute approximate surface area is 101 Å². The number of hydrogen-bond acceptors (Lipinski definition) is 4. The molecule has 1 aromatic rings. The SMILES string of the molecule is CN(C(=O)OC(C)(C)C)c1nc(Br)cs1. The van der Waals surface area contributed by atoms with Crippen LogP contribution in [0.2, 0.25) is 0 Å². The standard InChI is InChI=1S/C9H13BrN2O2S/c1-9(2,3)14-8(13)12(4)7-11-6(10)5-15-7/h5H,1-4H3. The summed E-state index contributed by atoms with van der Waals surface area (Å²) in [4.78, 5) is 17.1. The molecule has 0 aliphatic heterocycles. The van der Waals surface area contributed by atoms with Crippen molar-refractivity contribution in [2.45, 2.75) is 26.4 Å². The second kappa shape index (κ2) is 4.49. The van der Waals surface area contributed by atoms with Crippen molar-refractivity contribution in [3.63, 3.8) is 0 Å². The van der Waals surface area contributed by atoms with Gasteiger partial charge in [-0.05, 0) is 36.7 Å². The van der Waals surface area contributed by atoms with E-state index in [4.69, 9.17) is 4.74 Å². The molecule has 0 saturated heterocycles. The summed E-state index contributed by atoms with van der Waals surface area (Å²) >= 11 is 4.61. The summed E-state index contributed by atoms with van der Waals surface area (Å²) < 4.78 is 5.92. The van der Waals surface area contributed by atoms with Crippen LogP contribution < -0.4 is 4.90 Å². The summed E-state index contributed by atoms with van der Waals surface area (Å²) in [5.74, 6) is 0. The van der Waals surface area contributed by atoms with E-state index in [1.165, 1.54) is 16.2 Å². The minimum absolute atomic E-state index is 0.399. The number of carbonyl (C=O) groups excluding carboxylic acids is 1. The fourth-order valence-corrected chi connectivity index (χ4v) is 2.01. The maximum absolute atomic E-state index is 11.6. The summed E-state index contributed by atoms with van der Waals surface area (Å²) in [5.41, 5.74) is -0.486. The molecule has 1 heterocycles. The van der Waals surface area contributed by atoms with Crippen LogP contribution in [0.4, 0.5) is 9.93 Å². The Balaban J connectivity index is 2.69. The molecule has 15 heavy (non-hydrogen) atoms. The number of rotatable bonds is 1. The van der Waals surface area contributed by atoms with Crippen LogP contribution in [0.3, 0.4) is 0 Å². The number of anilines is 1. The summed E-state index contributed by atoms with van der Waals surface area (Å²) in [7, 11) is 1.64. The molecular weight excluding hydrogens is 280 g/mol. The van der Waals surface area contributed by atoms with Crippen LogP contribution in [0.25, 0.3) is 0 Å². The molecule has 0 radical (unpaired) electrons. The molecule has 0 fully saturated rings. The molecule has 1 aromatic heterocycles. The molecule has 0 aliphatic carbocycles. The van der Waals surface area contributed by atoms with Crippen molar-refractivity contribution in [1.82, 2.24) is 4.98 Å². The van der Waals surface area contributed by atoms with E-state index in [-0.39, 0.29) is 0 Å². The molecule has 0 saturated carbocycles. The number of ether oxygens (including phenoxy) is 1. The summed E-state index contributed by atoms with van der Waals surface area (Å²) in [6, 6.07) is 0. The number of halogens is 1. The number of hydrogen-bond donors (Lipinski definition) is 0. The Kier molecular flexibility index (Phi) is 3.72. The molecule has 0 aromatic carbocycles. The van der Waals surface area contributed by atoms with Crippen molar-refractivity contribution in [3.8, 4) is 0 Å². The van der Waals surface area contributed by atoms with Crippen LogP contribution in [-0.2, 0) is 4.74 Å². The predicted octanol–water partition coefficient (Wildman–Crippen LogP) is 3.28. The van der Waals surface area contributed by atoms with Crippen molar-refractivity contribution in [3.05, 3.63) is 9.98 Å². The van der Waals surface area contributed by atoms with Gasteiger partial charge in [0.1, 0.15) is 10.2 Å². The number of nitrogens with zero attached hydrogens (tertiary/aromatic N) is 2. The van der Waals surface area contributed by atoms with Crippen LogP contribution in [0.5, 0.6) is 0 Å². The van der Waals surface area contributed by atoms with E-state index in [0.717, 1.165) is 4.60 Å². The Morgan fingerprint density at radius 1 is 1.60 bits per heavy atom. The lowest BCUT2D eigenvalue weighted by molar-refractivity contribution is 0.0589. The van der Waals surface area contributed by atoms with Gasteiger partial charge in [0.2, 0.25) is 0 Å². The first-order valence-electron chi connectivity index (χ1n) is 4.37. The lowest BCUT2D eigenvalue weighted by atomic mass is 10.2. The van der Waals surface area contributed by atoms with Gasteiger partial charge in [-0.25, -0.2) is 9.78 Å². The van der Waals surface area contributed by atoms with E-state index in [1.807, 2.05) is 26.2 Å². The first-order chi connectivity index (χ1) is 6.79. The van der Waals surface area contributed by atoms with E-state index in [2.05, 4.69) is 20.9 Å². The van der Waals surface area contributed by atoms with Gasteiger partial charge < -0.3 is 4.74 Å². The van der Waals surface area contributed by atoms with Gasteiger partial charge in [0.25, 0.3) is 0 Å². The van der Waals surface area contributed by atoms with Gasteiger partial charge in [-0.2, -0.15) is 0 Å². The quantitative estimate of drug-likeness (QED) is 0.798. The number of aromatic nitrogens is 1. The predicted molar refractivity (Wildman–Crippen MR) is 64.5 cm³/mol. The lowest BCUT2D eigenvalue weighted by Crippen LogP contribution is -2.34. The van der Waals surface area contributed by atoms with E-state index in [9.17, 15) is 4.79 Å². The first kappa shape index (κ1) is 12.4.